The molecule has 5 heteroatoms. The first-order valence-electron chi connectivity index (χ1n) is 6.58. The number of nitrogens with two attached hydrogens (primary N) is 1. The molecule has 0 aliphatic carbocycles. The molecule has 0 radical (unpaired) electrons. The topological polar surface area (TPSA) is 61.2 Å². The third-order valence-corrected chi connectivity index (χ3v) is 4.24. The van der Waals surface area contributed by atoms with Gasteiger partial charge < -0.3 is 10.2 Å². The van der Waals surface area contributed by atoms with Crippen molar-refractivity contribution in [2.45, 2.75) is 13.0 Å². The van der Waals surface area contributed by atoms with Gasteiger partial charge in [0, 0.05) is 11.5 Å². The Labute approximate surface area is 130 Å². The van der Waals surface area contributed by atoms with E-state index in [0.717, 1.165) is 26.7 Å². The van der Waals surface area contributed by atoms with E-state index in [2.05, 4.69) is 15.9 Å². The highest BCUT2D eigenvalue weighted by Gasteiger charge is 2.14. The Morgan fingerprint density at radius 2 is 2.00 bits per heavy atom. The molecule has 1 atom stereocenters. The number of aromatic nitrogens is 1. The summed E-state index contributed by atoms with van der Waals surface area (Å²) in [5.74, 6) is -0.365. The third kappa shape index (κ3) is 2.43. The molecule has 4 nitrogen and oxygen atoms in total. The van der Waals surface area contributed by atoms with Gasteiger partial charge in [0.05, 0.1) is 11.6 Å². The molecule has 21 heavy (non-hydrogen) atoms. The molecule has 0 bridgehead atoms. The van der Waals surface area contributed by atoms with Crippen LogP contribution in [-0.4, -0.2) is 4.57 Å². The molecular weight excluding hydrogens is 332 g/mol. The maximum Gasteiger partial charge on any atom is 0.419 e. The Kier molecular flexibility index (Phi) is 3.47. The van der Waals surface area contributed by atoms with Gasteiger partial charge in [-0.15, -0.1) is 0 Å². The molecule has 108 valence electrons. The standard InChI is InChI=1S/C16H15BrN2O2/c1-9-7-11(17)4-5-12(9)15(18)10-3-6-13-14(8-10)21-16(20)19(13)2/h3-8,15H,18H2,1-2H3. The molecule has 3 rings (SSSR count). The van der Waals surface area contributed by atoms with Crippen LogP contribution in [0, 0.1) is 6.92 Å². The lowest BCUT2D eigenvalue weighted by atomic mass is 9.96. The summed E-state index contributed by atoms with van der Waals surface area (Å²) in [6.07, 6.45) is 0. The van der Waals surface area contributed by atoms with Gasteiger partial charge in [-0.1, -0.05) is 28.1 Å². The Hall–Kier alpha value is -1.85. The summed E-state index contributed by atoms with van der Waals surface area (Å²) < 4.78 is 7.73. The fourth-order valence-corrected chi connectivity index (χ4v) is 2.99. The second kappa shape index (κ2) is 5.16. The minimum Gasteiger partial charge on any atom is -0.408 e. The van der Waals surface area contributed by atoms with Crippen LogP contribution in [0.15, 0.2) is 50.1 Å². The van der Waals surface area contributed by atoms with E-state index in [9.17, 15) is 4.79 Å². The average Bonchev–Trinajstić information content (AvgIpc) is 2.73. The Balaban J connectivity index is 2.09. The number of fused-ring (bicyclic) bond motifs is 1. The van der Waals surface area contributed by atoms with Crippen molar-refractivity contribution in [2.24, 2.45) is 12.8 Å². The number of benzene rings is 2. The van der Waals surface area contributed by atoms with Crippen LogP contribution < -0.4 is 11.5 Å². The zero-order chi connectivity index (χ0) is 15.1. The van der Waals surface area contributed by atoms with E-state index in [0.29, 0.717) is 5.58 Å². The average molecular weight is 347 g/mol. The maximum atomic E-state index is 11.5. The van der Waals surface area contributed by atoms with Crippen LogP contribution in [0.3, 0.4) is 0 Å². The van der Waals surface area contributed by atoms with Gasteiger partial charge in [-0.05, 0) is 47.9 Å². The highest BCUT2D eigenvalue weighted by atomic mass is 79.9. The van der Waals surface area contributed by atoms with Crippen LogP contribution in [0.1, 0.15) is 22.7 Å². The van der Waals surface area contributed by atoms with Crippen LogP contribution in [0.25, 0.3) is 11.1 Å². The molecule has 1 unspecified atom stereocenters. The van der Waals surface area contributed by atoms with Crippen molar-refractivity contribution in [2.75, 3.05) is 0 Å². The Morgan fingerprint density at radius 3 is 2.71 bits per heavy atom. The molecule has 2 aromatic carbocycles. The number of oxazole rings is 1. The van der Waals surface area contributed by atoms with Gasteiger partial charge in [-0.3, -0.25) is 4.57 Å². The van der Waals surface area contributed by atoms with Gasteiger partial charge in [0.1, 0.15) is 0 Å². The minimum atomic E-state index is -0.365. The zero-order valence-corrected chi connectivity index (χ0v) is 13.3. The van der Waals surface area contributed by atoms with Crippen molar-refractivity contribution < 1.29 is 4.42 Å². The molecule has 0 spiro atoms. The van der Waals surface area contributed by atoms with Gasteiger partial charge in [-0.2, -0.15) is 0 Å². The first kappa shape index (κ1) is 14.1. The van der Waals surface area contributed by atoms with Crippen LogP contribution >= 0.6 is 15.9 Å². The number of halogens is 1. The number of aryl methyl sites for hydroxylation is 2. The largest absolute Gasteiger partial charge is 0.419 e. The molecule has 2 N–H and O–H groups in total. The first-order chi connectivity index (χ1) is 9.97. The molecule has 0 aliphatic rings. The van der Waals surface area contributed by atoms with Gasteiger partial charge in [-0.25, -0.2) is 4.79 Å². The van der Waals surface area contributed by atoms with E-state index >= 15 is 0 Å². The zero-order valence-electron chi connectivity index (χ0n) is 11.8. The fraction of sp³-hybridized carbons (Fsp3) is 0.188. The molecule has 1 heterocycles. The summed E-state index contributed by atoms with van der Waals surface area (Å²) >= 11 is 3.45. The van der Waals surface area contributed by atoms with E-state index in [1.807, 2.05) is 43.3 Å². The Morgan fingerprint density at radius 1 is 1.24 bits per heavy atom. The SMILES string of the molecule is Cc1cc(Br)ccc1C(N)c1ccc2c(c1)oc(=O)n2C. The van der Waals surface area contributed by atoms with E-state index < -0.39 is 0 Å². The molecule has 0 amide bonds. The van der Waals surface area contributed by atoms with Crippen LogP contribution in [-0.2, 0) is 7.05 Å². The quantitative estimate of drug-likeness (QED) is 0.774. The summed E-state index contributed by atoms with van der Waals surface area (Å²) in [4.78, 5) is 11.5. The number of rotatable bonds is 2. The summed E-state index contributed by atoms with van der Waals surface area (Å²) in [5, 5.41) is 0. The first-order valence-corrected chi connectivity index (χ1v) is 7.38. The predicted molar refractivity (Wildman–Crippen MR) is 86.4 cm³/mol. The normalized spacial score (nSPS) is 12.8. The van der Waals surface area contributed by atoms with Crippen LogP contribution in [0.5, 0.6) is 0 Å². The fourth-order valence-electron chi connectivity index (χ4n) is 2.51. The van der Waals surface area contributed by atoms with Crippen molar-refractivity contribution in [3.8, 4) is 0 Å². The molecule has 3 aromatic rings. The second-order valence-corrected chi connectivity index (χ2v) is 6.05. The summed E-state index contributed by atoms with van der Waals surface area (Å²) in [6.45, 7) is 2.03. The number of nitrogens with zero attached hydrogens (tertiary/aromatic N) is 1. The van der Waals surface area contributed by atoms with Gasteiger partial charge in [0.2, 0.25) is 0 Å². The molecule has 0 aliphatic heterocycles. The van der Waals surface area contributed by atoms with Crippen molar-refractivity contribution in [1.82, 2.24) is 4.57 Å². The van der Waals surface area contributed by atoms with Crippen molar-refractivity contribution in [1.29, 1.82) is 0 Å². The van der Waals surface area contributed by atoms with Crippen molar-refractivity contribution in [3.05, 3.63) is 68.1 Å². The van der Waals surface area contributed by atoms with E-state index in [4.69, 9.17) is 10.2 Å². The highest BCUT2D eigenvalue weighted by Crippen LogP contribution is 2.27. The molecule has 0 fully saturated rings. The molecule has 0 saturated carbocycles. The van der Waals surface area contributed by atoms with E-state index in [-0.39, 0.29) is 11.8 Å². The lowest BCUT2D eigenvalue weighted by Crippen LogP contribution is -2.13. The van der Waals surface area contributed by atoms with Crippen molar-refractivity contribution in [3.63, 3.8) is 0 Å². The van der Waals surface area contributed by atoms with Crippen LogP contribution in [0.2, 0.25) is 0 Å². The lowest BCUT2D eigenvalue weighted by molar-refractivity contribution is 0.527. The minimum absolute atomic E-state index is 0.256. The molecular formula is C16H15BrN2O2. The third-order valence-electron chi connectivity index (χ3n) is 3.74. The monoisotopic (exact) mass is 346 g/mol. The summed E-state index contributed by atoms with van der Waals surface area (Å²) in [7, 11) is 1.69. The van der Waals surface area contributed by atoms with Gasteiger partial charge in [0.25, 0.3) is 0 Å². The van der Waals surface area contributed by atoms with Crippen molar-refractivity contribution >= 4 is 27.0 Å². The number of hydrogen-bond acceptors (Lipinski definition) is 3. The second-order valence-electron chi connectivity index (χ2n) is 5.13. The van der Waals surface area contributed by atoms with Crippen LogP contribution in [0.4, 0.5) is 0 Å². The molecule has 0 saturated heterocycles. The number of hydrogen-bond donors (Lipinski definition) is 1. The van der Waals surface area contributed by atoms with Gasteiger partial charge >= 0.3 is 5.76 Å². The maximum absolute atomic E-state index is 11.5. The highest BCUT2D eigenvalue weighted by molar-refractivity contribution is 9.10. The van der Waals surface area contributed by atoms with Gasteiger partial charge in [0.15, 0.2) is 5.58 Å². The lowest BCUT2D eigenvalue weighted by Gasteiger charge is -2.15. The summed E-state index contributed by atoms with van der Waals surface area (Å²) in [5.41, 5.74) is 10.8. The van der Waals surface area contributed by atoms with E-state index in [1.165, 1.54) is 4.57 Å². The smallest absolute Gasteiger partial charge is 0.408 e. The van der Waals surface area contributed by atoms with E-state index in [1.54, 1.807) is 7.05 Å². The predicted octanol–water partition coefficient (Wildman–Crippen LogP) is 3.25. The summed E-state index contributed by atoms with van der Waals surface area (Å²) in [6, 6.07) is 11.4. The Bertz CT molecular complexity index is 880. The molecule has 1 aromatic heterocycles.